The zero-order chi connectivity index (χ0) is 21.5. The van der Waals surface area contributed by atoms with Gasteiger partial charge < -0.3 is 15.1 Å². The van der Waals surface area contributed by atoms with Crippen molar-refractivity contribution in [3.8, 4) is 0 Å². The Labute approximate surface area is 192 Å². The van der Waals surface area contributed by atoms with E-state index in [1.807, 2.05) is 23.1 Å². The summed E-state index contributed by atoms with van der Waals surface area (Å²) in [6.45, 7) is 6.78. The van der Waals surface area contributed by atoms with Gasteiger partial charge in [0, 0.05) is 56.4 Å². The third kappa shape index (κ3) is 3.90. The van der Waals surface area contributed by atoms with Gasteiger partial charge in [0.2, 0.25) is 5.91 Å². The van der Waals surface area contributed by atoms with E-state index >= 15 is 0 Å². The lowest BCUT2D eigenvalue weighted by atomic mass is 9.88. The number of aromatic nitrogens is 2. The van der Waals surface area contributed by atoms with Crippen LogP contribution >= 0.6 is 23.2 Å². The van der Waals surface area contributed by atoms with Crippen LogP contribution in [0.15, 0.2) is 24.5 Å². The maximum atomic E-state index is 13.4. The standard InChI is InChI=1S/C23H27Cl2N5O/c1-14-2-5-20-21(14)22(28-13-27-20)29-6-8-30(9-7-29)23(31)17-12-26-11-16(17)15-3-4-18(24)19(25)10-15/h3-4,10,13-14,16-17,26H,2,5-9,11-12H2,1H3/t14?,16-,17+/m0/s1. The number of benzene rings is 1. The second-order valence-electron chi connectivity index (χ2n) is 8.85. The smallest absolute Gasteiger partial charge is 0.227 e. The van der Waals surface area contributed by atoms with E-state index in [2.05, 4.69) is 27.1 Å². The van der Waals surface area contributed by atoms with E-state index in [-0.39, 0.29) is 17.7 Å². The summed E-state index contributed by atoms with van der Waals surface area (Å²) in [5.74, 6) is 1.83. The van der Waals surface area contributed by atoms with Crippen LogP contribution in [0.4, 0.5) is 5.82 Å². The minimum atomic E-state index is -0.0767. The minimum Gasteiger partial charge on any atom is -0.353 e. The third-order valence-electron chi connectivity index (χ3n) is 7.05. The normalized spacial score (nSPS) is 25.7. The first-order valence-electron chi connectivity index (χ1n) is 11.1. The Hall–Kier alpha value is -1.89. The minimum absolute atomic E-state index is 0.0767. The first kappa shape index (κ1) is 21.0. The number of piperazine rings is 1. The molecule has 31 heavy (non-hydrogen) atoms. The number of amides is 1. The molecule has 1 aromatic carbocycles. The number of halogens is 2. The number of hydrogen-bond donors (Lipinski definition) is 1. The van der Waals surface area contributed by atoms with Crippen molar-refractivity contribution >= 4 is 34.9 Å². The fraction of sp³-hybridized carbons (Fsp3) is 0.522. The van der Waals surface area contributed by atoms with Gasteiger partial charge in [0.05, 0.1) is 16.0 Å². The Bertz CT molecular complexity index is 992. The number of aryl methyl sites for hydroxylation is 1. The molecule has 1 unspecified atom stereocenters. The zero-order valence-corrected chi connectivity index (χ0v) is 19.2. The van der Waals surface area contributed by atoms with Crippen molar-refractivity contribution < 1.29 is 4.79 Å². The van der Waals surface area contributed by atoms with Crippen LogP contribution in [0.2, 0.25) is 10.0 Å². The lowest BCUT2D eigenvalue weighted by molar-refractivity contribution is -0.135. The molecule has 2 aromatic rings. The number of carbonyl (C=O) groups is 1. The lowest BCUT2D eigenvalue weighted by Gasteiger charge is -2.38. The highest BCUT2D eigenvalue weighted by Gasteiger charge is 2.38. The van der Waals surface area contributed by atoms with Gasteiger partial charge in [0.15, 0.2) is 0 Å². The molecule has 0 spiro atoms. The van der Waals surface area contributed by atoms with E-state index in [1.54, 1.807) is 6.33 Å². The van der Waals surface area contributed by atoms with Gasteiger partial charge in [-0.05, 0) is 36.5 Å². The van der Waals surface area contributed by atoms with Crippen molar-refractivity contribution in [2.75, 3.05) is 44.2 Å². The predicted molar refractivity (Wildman–Crippen MR) is 123 cm³/mol. The molecular weight excluding hydrogens is 433 g/mol. The Morgan fingerprint density at radius 3 is 2.68 bits per heavy atom. The Morgan fingerprint density at radius 1 is 1.10 bits per heavy atom. The highest BCUT2D eigenvalue weighted by molar-refractivity contribution is 6.42. The molecule has 164 valence electrons. The molecule has 3 aliphatic rings. The van der Waals surface area contributed by atoms with Crippen molar-refractivity contribution in [2.24, 2.45) is 5.92 Å². The van der Waals surface area contributed by atoms with Gasteiger partial charge in [-0.2, -0.15) is 0 Å². The summed E-state index contributed by atoms with van der Waals surface area (Å²) in [7, 11) is 0. The molecule has 2 fully saturated rings. The van der Waals surface area contributed by atoms with Gasteiger partial charge in [-0.1, -0.05) is 36.2 Å². The SMILES string of the molecule is CC1CCc2ncnc(N3CCN(C(=O)[C@@H]4CNC[C@H]4c4ccc(Cl)c(Cl)c4)CC3)c21. The van der Waals surface area contributed by atoms with Crippen molar-refractivity contribution in [3.05, 3.63) is 51.4 Å². The monoisotopic (exact) mass is 459 g/mol. The Kier molecular flexibility index (Phi) is 5.80. The quantitative estimate of drug-likeness (QED) is 0.760. The molecule has 5 rings (SSSR count). The molecule has 1 amide bonds. The molecule has 1 N–H and O–H groups in total. The predicted octanol–water partition coefficient (Wildman–Crippen LogP) is 3.48. The number of fused-ring (bicyclic) bond motifs is 1. The summed E-state index contributed by atoms with van der Waals surface area (Å²) < 4.78 is 0. The van der Waals surface area contributed by atoms with Crippen LogP contribution in [0.25, 0.3) is 0 Å². The number of nitrogens with one attached hydrogen (secondary N) is 1. The Morgan fingerprint density at radius 2 is 1.90 bits per heavy atom. The largest absolute Gasteiger partial charge is 0.353 e. The molecule has 0 saturated carbocycles. The number of hydrogen-bond acceptors (Lipinski definition) is 5. The molecule has 3 atom stereocenters. The van der Waals surface area contributed by atoms with Crippen LogP contribution in [0.1, 0.15) is 42.0 Å². The lowest BCUT2D eigenvalue weighted by Crippen LogP contribution is -2.51. The van der Waals surface area contributed by atoms with Crippen LogP contribution in [-0.4, -0.2) is 60.0 Å². The molecule has 2 saturated heterocycles. The number of anilines is 1. The molecular formula is C23H27Cl2N5O. The topological polar surface area (TPSA) is 61.4 Å². The molecule has 8 heteroatoms. The second kappa shape index (κ2) is 8.57. The van der Waals surface area contributed by atoms with Gasteiger partial charge >= 0.3 is 0 Å². The summed E-state index contributed by atoms with van der Waals surface area (Å²) in [6.07, 6.45) is 3.87. The van der Waals surface area contributed by atoms with Crippen molar-refractivity contribution in [3.63, 3.8) is 0 Å². The summed E-state index contributed by atoms with van der Waals surface area (Å²) in [5, 5.41) is 4.47. The van der Waals surface area contributed by atoms with Crippen LogP contribution in [0, 0.1) is 5.92 Å². The van der Waals surface area contributed by atoms with E-state index in [4.69, 9.17) is 23.2 Å². The van der Waals surface area contributed by atoms with Crippen LogP contribution < -0.4 is 10.2 Å². The number of rotatable bonds is 3. The van der Waals surface area contributed by atoms with Gasteiger partial charge in [0.1, 0.15) is 12.1 Å². The van der Waals surface area contributed by atoms with Gasteiger partial charge in [0.25, 0.3) is 0 Å². The molecule has 1 aliphatic carbocycles. The van der Waals surface area contributed by atoms with Gasteiger partial charge in [-0.3, -0.25) is 4.79 Å². The first-order valence-corrected chi connectivity index (χ1v) is 11.8. The fourth-order valence-electron chi connectivity index (χ4n) is 5.28. The average Bonchev–Trinajstić information content (AvgIpc) is 3.43. The van der Waals surface area contributed by atoms with Crippen molar-refractivity contribution in [1.82, 2.24) is 20.2 Å². The summed E-state index contributed by atoms with van der Waals surface area (Å²) in [4.78, 5) is 26.8. The summed E-state index contributed by atoms with van der Waals surface area (Å²) in [5.41, 5.74) is 3.57. The molecule has 2 aliphatic heterocycles. The van der Waals surface area contributed by atoms with Crippen molar-refractivity contribution in [1.29, 1.82) is 0 Å². The van der Waals surface area contributed by atoms with E-state index in [1.165, 1.54) is 11.3 Å². The summed E-state index contributed by atoms with van der Waals surface area (Å²) >= 11 is 12.3. The molecule has 0 radical (unpaired) electrons. The zero-order valence-electron chi connectivity index (χ0n) is 17.7. The molecule has 1 aromatic heterocycles. The Balaban J connectivity index is 1.27. The highest BCUT2D eigenvalue weighted by Crippen LogP contribution is 2.38. The van der Waals surface area contributed by atoms with Crippen LogP contribution in [-0.2, 0) is 11.2 Å². The van der Waals surface area contributed by atoms with Crippen LogP contribution in [0.5, 0.6) is 0 Å². The molecule has 6 nitrogen and oxygen atoms in total. The van der Waals surface area contributed by atoms with E-state index in [0.29, 0.717) is 22.5 Å². The summed E-state index contributed by atoms with van der Waals surface area (Å²) in [6, 6.07) is 5.70. The number of carbonyl (C=O) groups excluding carboxylic acids is 1. The van der Waals surface area contributed by atoms with Crippen molar-refractivity contribution in [2.45, 2.75) is 31.6 Å². The third-order valence-corrected chi connectivity index (χ3v) is 7.79. The number of nitrogens with zero attached hydrogens (tertiary/aromatic N) is 4. The van der Waals surface area contributed by atoms with E-state index < -0.39 is 0 Å². The van der Waals surface area contributed by atoms with E-state index in [9.17, 15) is 4.79 Å². The maximum Gasteiger partial charge on any atom is 0.227 e. The van der Waals surface area contributed by atoms with Crippen LogP contribution in [0.3, 0.4) is 0 Å². The van der Waals surface area contributed by atoms with E-state index in [0.717, 1.165) is 56.9 Å². The highest BCUT2D eigenvalue weighted by atomic mass is 35.5. The second-order valence-corrected chi connectivity index (χ2v) is 9.67. The molecule has 3 heterocycles. The molecule has 0 bridgehead atoms. The average molecular weight is 460 g/mol. The maximum absolute atomic E-state index is 13.4. The van der Waals surface area contributed by atoms with Gasteiger partial charge in [-0.15, -0.1) is 0 Å². The first-order chi connectivity index (χ1) is 15.0. The fourth-order valence-corrected chi connectivity index (χ4v) is 5.59. The van der Waals surface area contributed by atoms with Gasteiger partial charge in [-0.25, -0.2) is 9.97 Å².